The fraction of sp³-hybridized carbons (Fsp3) is 0.583. The van der Waals surface area contributed by atoms with Gasteiger partial charge in [-0.25, -0.2) is 22.0 Å². The number of halogens is 2. The molecule has 1 fully saturated rings. The van der Waals surface area contributed by atoms with Crippen molar-refractivity contribution in [2.24, 2.45) is 5.92 Å². The minimum atomic E-state index is -4.12. The number of aromatic carboxylic acids is 1. The Morgan fingerprint density at radius 2 is 2.14 bits per heavy atom. The third-order valence-corrected chi connectivity index (χ3v) is 5.36. The first-order chi connectivity index (χ1) is 9.80. The van der Waals surface area contributed by atoms with Crippen molar-refractivity contribution in [1.82, 2.24) is 9.29 Å². The van der Waals surface area contributed by atoms with E-state index in [2.05, 4.69) is 4.98 Å². The second-order valence-corrected chi connectivity index (χ2v) is 7.00. The molecule has 1 saturated carbocycles. The molecule has 2 rings (SSSR count). The molecule has 1 aliphatic rings. The minimum Gasteiger partial charge on any atom is -0.477 e. The van der Waals surface area contributed by atoms with Crippen LogP contribution >= 0.6 is 0 Å². The molecule has 2 N–H and O–H groups in total. The van der Waals surface area contributed by atoms with Gasteiger partial charge in [0.25, 0.3) is 6.43 Å². The molecular weight excluding hydrogens is 306 g/mol. The Balaban J connectivity index is 2.23. The quantitative estimate of drug-likeness (QED) is 0.800. The van der Waals surface area contributed by atoms with Crippen molar-refractivity contribution in [3.8, 4) is 0 Å². The van der Waals surface area contributed by atoms with E-state index in [1.165, 1.54) is 0 Å². The van der Waals surface area contributed by atoms with E-state index >= 15 is 0 Å². The summed E-state index contributed by atoms with van der Waals surface area (Å²) >= 11 is 0. The first kappa shape index (κ1) is 15.9. The smallest absolute Gasteiger partial charge is 0.352 e. The molecule has 1 aromatic heterocycles. The SMILES string of the molecule is O=C(O)c1cc(S(=O)(=O)N(CC(F)F)CC2CCC2)c[nH]1. The number of nitrogens with one attached hydrogen (secondary N) is 1. The molecule has 1 heterocycles. The first-order valence-corrected chi connectivity index (χ1v) is 7.94. The minimum absolute atomic E-state index is 0.0419. The second-order valence-electron chi connectivity index (χ2n) is 5.06. The Morgan fingerprint density at radius 1 is 1.48 bits per heavy atom. The van der Waals surface area contributed by atoms with Gasteiger partial charge in [-0.15, -0.1) is 0 Å². The number of hydrogen-bond acceptors (Lipinski definition) is 3. The maximum absolute atomic E-state index is 12.6. The molecule has 0 radical (unpaired) electrons. The van der Waals surface area contributed by atoms with Crippen molar-refractivity contribution in [3.05, 3.63) is 18.0 Å². The van der Waals surface area contributed by atoms with Crippen LogP contribution in [0.25, 0.3) is 0 Å². The average Bonchev–Trinajstić information content (AvgIpc) is 2.81. The number of sulfonamides is 1. The average molecular weight is 322 g/mol. The lowest BCUT2D eigenvalue weighted by atomic mass is 9.85. The van der Waals surface area contributed by atoms with E-state index in [9.17, 15) is 22.0 Å². The molecule has 0 aliphatic heterocycles. The standard InChI is InChI=1S/C12H16F2N2O4S/c13-11(14)7-16(6-8-2-1-3-8)21(19,20)9-4-10(12(17)18)15-5-9/h4-5,8,11,15H,1-3,6-7H2,(H,17,18). The number of aromatic amines is 1. The van der Waals surface area contributed by atoms with Crippen molar-refractivity contribution in [3.63, 3.8) is 0 Å². The van der Waals surface area contributed by atoms with E-state index in [1.807, 2.05) is 0 Å². The van der Waals surface area contributed by atoms with E-state index in [0.717, 1.165) is 35.8 Å². The molecule has 1 aliphatic carbocycles. The molecule has 0 bridgehead atoms. The van der Waals surface area contributed by atoms with E-state index in [1.54, 1.807) is 0 Å². The van der Waals surface area contributed by atoms with Crippen LogP contribution in [0.1, 0.15) is 29.8 Å². The zero-order valence-electron chi connectivity index (χ0n) is 11.1. The van der Waals surface area contributed by atoms with Gasteiger partial charge in [0.1, 0.15) is 10.6 Å². The Morgan fingerprint density at radius 3 is 2.57 bits per heavy atom. The highest BCUT2D eigenvalue weighted by Gasteiger charge is 2.32. The summed E-state index contributed by atoms with van der Waals surface area (Å²) in [5.74, 6) is -1.22. The highest BCUT2D eigenvalue weighted by Crippen LogP contribution is 2.29. The lowest BCUT2D eigenvalue weighted by Crippen LogP contribution is -2.40. The van der Waals surface area contributed by atoms with Crippen molar-refractivity contribution >= 4 is 16.0 Å². The third-order valence-electron chi connectivity index (χ3n) is 3.55. The van der Waals surface area contributed by atoms with Crippen molar-refractivity contribution in [2.75, 3.05) is 13.1 Å². The summed E-state index contributed by atoms with van der Waals surface area (Å²) in [6.07, 6.45) is 0.849. The van der Waals surface area contributed by atoms with Crippen molar-refractivity contribution in [1.29, 1.82) is 0 Å². The number of carboxylic acid groups (broad SMARTS) is 1. The molecule has 118 valence electrons. The summed E-state index contributed by atoms with van der Waals surface area (Å²) in [5, 5.41) is 8.78. The number of H-pyrrole nitrogens is 1. The van der Waals surface area contributed by atoms with Gasteiger partial charge in [-0.1, -0.05) is 6.42 Å². The van der Waals surface area contributed by atoms with Gasteiger partial charge >= 0.3 is 5.97 Å². The zero-order valence-corrected chi connectivity index (χ0v) is 11.9. The van der Waals surface area contributed by atoms with Crippen LogP contribution in [0.5, 0.6) is 0 Å². The fourth-order valence-electron chi connectivity index (χ4n) is 2.18. The fourth-order valence-corrected chi connectivity index (χ4v) is 3.67. The number of rotatable bonds is 7. The molecular formula is C12H16F2N2O4S. The second kappa shape index (κ2) is 6.10. The largest absolute Gasteiger partial charge is 0.477 e. The molecule has 0 saturated heterocycles. The normalized spacial score (nSPS) is 16.4. The summed E-state index contributed by atoms with van der Waals surface area (Å²) in [6, 6.07) is 0.941. The van der Waals surface area contributed by atoms with Crippen LogP contribution in [0.3, 0.4) is 0 Å². The van der Waals surface area contributed by atoms with E-state index < -0.39 is 29.0 Å². The maximum atomic E-state index is 12.6. The summed E-state index contributed by atoms with van der Waals surface area (Å²) in [4.78, 5) is 12.8. The van der Waals surface area contributed by atoms with Crippen LogP contribution in [0.2, 0.25) is 0 Å². The van der Waals surface area contributed by atoms with Crippen molar-refractivity contribution < 1.29 is 27.1 Å². The van der Waals surface area contributed by atoms with Gasteiger partial charge in [0, 0.05) is 12.7 Å². The summed E-state index contributed by atoms with van der Waals surface area (Å²) < 4.78 is 50.7. The summed E-state index contributed by atoms with van der Waals surface area (Å²) in [6.45, 7) is -0.841. The van der Waals surface area contributed by atoms with Crippen molar-refractivity contribution in [2.45, 2.75) is 30.6 Å². The number of hydrogen-bond donors (Lipinski definition) is 2. The van der Waals surface area contributed by atoms with Gasteiger partial charge in [-0.3, -0.25) is 0 Å². The number of alkyl halides is 2. The molecule has 0 unspecified atom stereocenters. The van der Waals surface area contributed by atoms with E-state index in [0.29, 0.717) is 0 Å². The van der Waals surface area contributed by atoms with E-state index in [4.69, 9.17) is 5.11 Å². The van der Waals surface area contributed by atoms with Crippen LogP contribution in [0, 0.1) is 5.92 Å². The molecule has 21 heavy (non-hydrogen) atoms. The number of nitrogens with zero attached hydrogens (tertiary/aromatic N) is 1. The lowest BCUT2D eigenvalue weighted by Gasteiger charge is -2.31. The number of carbonyl (C=O) groups is 1. The van der Waals surface area contributed by atoms with Gasteiger partial charge in [0.2, 0.25) is 10.0 Å². The molecule has 0 spiro atoms. The van der Waals surface area contributed by atoms with Crippen LogP contribution in [-0.2, 0) is 10.0 Å². The van der Waals surface area contributed by atoms with Gasteiger partial charge in [-0.2, -0.15) is 4.31 Å². The Labute approximate surface area is 120 Å². The maximum Gasteiger partial charge on any atom is 0.352 e. The molecule has 6 nitrogen and oxygen atoms in total. The van der Waals surface area contributed by atoms with Gasteiger partial charge in [0.15, 0.2) is 0 Å². The summed E-state index contributed by atoms with van der Waals surface area (Å²) in [7, 11) is -4.12. The molecule has 0 aromatic carbocycles. The number of aromatic nitrogens is 1. The van der Waals surface area contributed by atoms with Crippen LogP contribution in [0.15, 0.2) is 17.2 Å². The highest BCUT2D eigenvalue weighted by atomic mass is 32.2. The van der Waals surface area contributed by atoms with Crippen LogP contribution in [-0.4, -0.2) is 48.3 Å². The molecule has 9 heteroatoms. The monoisotopic (exact) mass is 322 g/mol. The van der Waals surface area contributed by atoms with Crippen LogP contribution in [0.4, 0.5) is 8.78 Å². The Bertz CT molecular complexity index is 611. The first-order valence-electron chi connectivity index (χ1n) is 6.50. The predicted molar refractivity (Wildman–Crippen MR) is 69.9 cm³/mol. The zero-order chi connectivity index (χ0) is 15.6. The lowest BCUT2D eigenvalue weighted by molar-refractivity contribution is 0.0691. The molecule has 0 amide bonds. The third kappa shape index (κ3) is 3.59. The number of carboxylic acids is 1. The van der Waals surface area contributed by atoms with Gasteiger partial charge < -0.3 is 10.1 Å². The predicted octanol–water partition coefficient (Wildman–Crippen LogP) is 1.77. The highest BCUT2D eigenvalue weighted by molar-refractivity contribution is 7.89. The Kier molecular flexibility index (Phi) is 4.62. The van der Waals surface area contributed by atoms with Gasteiger partial charge in [0.05, 0.1) is 6.54 Å². The molecule has 1 aromatic rings. The van der Waals surface area contributed by atoms with Crippen LogP contribution < -0.4 is 0 Å². The molecule has 0 atom stereocenters. The van der Waals surface area contributed by atoms with Gasteiger partial charge in [-0.05, 0) is 24.8 Å². The Hall–Kier alpha value is -1.48. The summed E-state index contributed by atoms with van der Waals surface area (Å²) in [5.41, 5.74) is -0.297. The van der Waals surface area contributed by atoms with E-state index in [-0.39, 0.29) is 23.1 Å². The topological polar surface area (TPSA) is 90.5 Å².